The Morgan fingerprint density at radius 2 is 1.88 bits per heavy atom. The monoisotopic (exact) mass is 242 g/mol. The number of aliphatic hydroxyl groups excluding tert-OH is 1. The number of hydrogen-bond acceptors (Lipinski definition) is 3. The van der Waals surface area contributed by atoms with Crippen molar-refractivity contribution >= 4 is 0 Å². The summed E-state index contributed by atoms with van der Waals surface area (Å²) < 4.78 is 5.31. The molecule has 0 aromatic carbocycles. The van der Waals surface area contributed by atoms with E-state index in [-0.39, 0.29) is 23.5 Å². The van der Waals surface area contributed by atoms with Crippen LogP contribution in [0.15, 0.2) is 0 Å². The van der Waals surface area contributed by atoms with Crippen molar-refractivity contribution in [1.82, 2.24) is 0 Å². The fourth-order valence-electron chi connectivity index (χ4n) is 3.92. The van der Waals surface area contributed by atoms with Gasteiger partial charge in [0.1, 0.15) is 0 Å². The zero-order valence-electron chi connectivity index (χ0n) is 11.3. The summed E-state index contributed by atoms with van der Waals surface area (Å²) in [5, 5.41) is 20.7. The van der Waals surface area contributed by atoms with Crippen LogP contribution < -0.4 is 0 Å². The first-order chi connectivity index (χ1) is 7.86. The van der Waals surface area contributed by atoms with Crippen LogP contribution in [0.1, 0.15) is 52.4 Å². The zero-order valence-corrected chi connectivity index (χ0v) is 11.3. The van der Waals surface area contributed by atoms with Crippen molar-refractivity contribution in [3.63, 3.8) is 0 Å². The zero-order chi connectivity index (χ0) is 12.7. The van der Waals surface area contributed by atoms with Crippen molar-refractivity contribution in [1.29, 1.82) is 0 Å². The summed E-state index contributed by atoms with van der Waals surface area (Å²) in [6, 6.07) is 0. The molecule has 0 amide bonds. The van der Waals surface area contributed by atoms with E-state index in [1.807, 2.05) is 0 Å². The van der Waals surface area contributed by atoms with E-state index >= 15 is 0 Å². The van der Waals surface area contributed by atoms with Gasteiger partial charge in [-0.25, -0.2) is 0 Å². The molecule has 1 unspecified atom stereocenters. The van der Waals surface area contributed by atoms with Crippen molar-refractivity contribution < 1.29 is 14.9 Å². The number of methoxy groups -OCH3 is 1. The van der Waals surface area contributed by atoms with E-state index in [1.54, 1.807) is 7.11 Å². The summed E-state index contributed by atoms with van der Waals surface area (Å²) in [5.41, 5.74) is -0.822. The molecule has 0 spiro atoms. The van der Waals surface area contributed by atoms with Gasteiger partial charge in [-0.3, -0.25) is 0 Å². The number of rotatable bonds is 3. The van der Waals surface area contributed by atoms with Crippen LogP contribution >= 0.6 is 0 Å². The Morgan fingerprint density at radius 3 is 2.35 bits per heavy atom. The molecular formula is C14H26O3. The molecule has 2 fully saturated rings. The Morgan fingerprint density at radius 1 is 1.24 bits per heavy atom. The molecular weight excluding hydrogens is 216 g/mol. The largest absolute Gasteiger partial charge is 0.396 e. The van der Waals surface area contributed by atoms with Gasteiger partial charge in [-0.05, 0) is 37.5 Å². The van der Waals surface area contributed by atoms with Crippen molar-refractivity contribution in [3.05, 3.63) is 0 Å². The quantitative estimate of drug-likeness (QED) is 0.797. The minimum absolute atomic E-state index is 0.0828. The minimum Gasteiger partial charge on any atom is -0.396 e. The first-order valence-corrected chi connectivity index (χ1v) is 6.73. The molecule has 3 heteroatoms. The highest BCUT2D eigenvalue weighted by Crippen LogP contribution is 2.57. The Labute approximate surface area is 104 Å². The summed E-state index contributed by atoms with van der Waals surface area (Å²) in [6.45, 7) is 4.52. The molecule has 0 aromatic rings. The molecule has 0 aliphatic heterocycles. The van der Waals surface area contributed by atoms with Crippen LogP contribution in [0.5, 0.6) is 0 Å². The van der Waals surface area contributed by atoms with E-state index in [9.17, 15) is 10.2 Å². The smallest absolute Gasteiger partial charge is 0.0732 e. The van der Waals surface area contributed by atoms with Gasteiger partial charge in [-0.1, -0.05) is 20.3 Å². The highest BCUT2D eigenvalue weighted by Gasteiger charge is 2.59. The van der Waals surface area contributed by atoms with E-state index in [0.717, 1.165) is 32.1 Å². The summed E-state index contributed by atoms with van der Waals surface area (Å²) in [7, 11) is 1.71. The highest BCUT2D eigenvalue weighted by atomic mass is 16.5. The van der Waals surface area contributed by atoms with E-state index < -0.39 is 5.60 Å². The molecule has 1 atom stereocenters. The first-order valence-electron chi connectivity index (χ1n) is 6.73. The van der Waals surface area contributed by atoms with Crippen molar-refractivity contribution in [3.8, 4) is 0 Å². The molecule has 0 bridgehead atoms. The van der Waals surface area contributed by atoms with Gasteiger partial charge in [0, 0.05) is 12.5 Å². The molecule has 0 heterocycles. The average Bonchev–Trinajstić information content (AvgIpc) is 2.14. The second kappa shape index (κ2) is 4.22. The van der Waals surface area contributed by atoms with Gasteiger partial charge in [0.15, 0.2) is 0 Å². The Kier molecular flexibility index (Phi) is 3.30. The molecule has 0 saturated heterocycles. The van der Waals surface area contributed by atoms with Crippen LogP contribution in [0, 0.1) is 10.8 Å². The molecule has 2 N–H and O–H groups in total. The van der Waals surface area contributed by atoms with E-state index in [1.165, 1.54) is 6.42 Å². The van der Waals surface area contributed by atoms with Crippen LogP contribution in [0.3, 0.4) is 0 Å². The maximum Gasteiger partial charge on any atom is 0.0732 e. The van der Waals surface area contributed by atoms with E-state index in [0.29, 0.717) is 0 Å². The number of aliphatic hydroxyl groups is 2. The maximum atomic E-state index is 11.0. The SMILES string of the molecule is COC1CC(CO)(C2(O)CCCC(C)(C)C2)C1. The summed E-state index contributed by atoms with van der Waals surface area (Å²) in [6.07, 6.45) is 5.67. The van der Waals surface area contributed by atoms with Crippen LogP contribution in [-0.2, 0) is 4.74 Å². The third-order valence-corrected chi connectivity index (χ3v) is 5.07. The van der Waals surface area contributed by atoms with Gasteiger partial charge in [-0.2, -0.15) is 0 Å². The van der Waals surface area contributed by atoms with Gasteiger partial charge in [-0.15, -0.1) is 0 Å². The standard InChI is InChI=1S/C14H26O3/c1-12(2)5-4-6-14(16,9-12)13(10-15)7-11(8-13)17-3/h11,15-16H,4-10H2,1-3H3. The van der Waals surface area contributed by atoms with Crippen molar-refractivity contribution in [2.75, 3.05) is 13.7 Å². The second-order valence-corrected chi connectivity index (χ2v) is 6.93. The predicted octanol–water partition coefficient (Wildman–Crippen LogP) is 2.11. The Bertz CT molecular complexity index is 281. The fraction of sp³-hybridized carbons (Fsp3) is 1.00. The van der Waals surface area contributed by atoms with Crippen LogP contribution in [-0.4, -0.2) is 35.6 Å². The number of ether oxygens (including phenoxy) is 1. The molecule has 2 saturated carbocycles. The lowest BCUT2D eigenvalue weighted by molar-refractivity contribution is -0.221. The minimum atomic E-state index is -0.696. The topological polar surface area (TPSA) is 49.7 Å². The van der Waals surface area contributed by atoms with Crippen molar-refractivity contribution in [2.24, 2.45) is 10.8 Å². The lowest BCUT2D eigenvalue weighted by Crippen LogP contribution is -2.62. The molecule has 0 aromatic heterocycles. The molecule has 0 radical (unpaired) electrons. The summed E-state index contributed by atoms with van der Waals surface area (Å²) in [5.74, 6) is 0. The lowest BCUT2D eigenvalue weighted by Gasteiger charge is -2.59. The van der Waals surface area contributed by atoms with Crippen molar-refractivity contribution in [2.45, 2.75) is 64.1 Å². The first kappa shape index (κ1) is 13.3. The van der Waals surface area contributed by atoms with Crippen LogP contribution in [0.25, 0.3) is 0 Å². The lowest BCUT2D eigenvalue weighted by atomic mass is 9.51. The van der Waals surface area contributed by atoms with Gasteiger partial charge in [0.2, 0.25) is 0 Å². The molecule has 2 rings (SSSR count). The Hall–Kier alpha value is -0.120. The van der Waals surface area contributed by atoms with E-state index in [2.05, 4.69) is 13.8 Å². The Balaban J connectivity index is 2.14. The van der Waals surface area contributed by atoms with Crippen LogP contribution in [0.4, 0.5) is 0 Å². The molecule has 17 heavy (non-hydrogen) atoms. The van der Waals surface area contributed by atoms with E-state index in [4.69, 9.17) is 4.74 Å². The van der Waals surface area contributed by atoms with Crippen LogP contribution in [0.2, 0.25) is 0 Å². The van der Waals surface area contributed by atoms with Gasteiger partial charge in [0.05, 0.1) is 18.3 Å². The summed E-state index contributed by atoms with van der Waals surface area (Å²) >= 11 is 0. The number of hydrogen-bond donors (Lipinski definition) is 2. The third kappa shape index (κ3) is 2.13. The van der Waals surface area contributed by atoms with Gasteiger partial charge < -0.3 is 14.9 Å². The average molecular weight is 242 g/mol. The molecule has 3 nitrogen and oxygen atoms in total. The molecule has 100 valence electrons. The third-order valence-electron chi connectivity index (χ3n) is 5.07. The highest BCUT2D eigenvalue weighted by molar-refractivity contribution is 5.10. The maximum absolute atomic E-state index is 11.0. The predicted molar refractivity (Wildman–Crippen MR) is 66.7 cm³/mol. The van der Waals surface area contributed by atoms with Gasteiger partial charge >= 0.3 is 0 Å². The fourth-order valence-corrected chi connectivity index (χ4v) is 3.92. The molecule has 2 aliphatic carbocycles. The normalized spacial score (nSPS) is 45.4. The summed E-state index contributed by atoms with van der Waals surface area (Å²) in [4.78, 5) is 0. The molecule has 2 aliphatic rings. The van der Waals surface area contributed by atoms with Gasteiger partial charge in [0.25, 0.3) is 0 Å². The second-order valence-electron chi connectivity index (χ2n) is 6.93.